The predicted octanol–water partition coefficient (Wildman–Crippen LogP) is 1.54. The highest BCUT2D eigenvalue weighted by molar-refractivity contribution is 5.43. The summed E-state index contributed by atoms with van der Waals surface area (Å²) in [6.45, 7) is 10.5. The molecular formula is C18H32N6. The molecule has 0 aliphatic carbocycles. The lowest BCUT2D eigenvalue weighted by atomic mass is 10.0. The van der Waals surface area contributed by atoms with Crippen molar-refractivity contribution in [2.75, 3.05) is 69.7 Å². The zero-order chi connectivity index (χ0) is 16.9. The molecule has 1 aromatic rings. The third-order valence-electron chi connectivity index (χ3n) is 5.28. The second-order valence-electron chi connectivity index (χ2n) is 7.21. The van der Waals surface area contributed by atoms with E-state index in [1.165, 1.54) is 38.9 Å². The van der Waals surface area contributed by atoms with Crippen LogP contribution < -0.4 is 9.80 Å². The van der Waals surface area contributed by atoms with Crippen molar-refractivity contribution < 1.29 is 0 Å². The largest absolute Gasteiger partial charge is 0.354 e. The molecule has 0 unspecified atom stereocenters. The summed E-state index contributed by atoms with van der Waals surface area (Å²) >= 11 is 0. The summed E-state index contributed by atoms with van der Waals surface area (Å²) in [7, 11) is 3.98. The Bertz CT molecular complexity index is 504. The van der Waals surface area contributed by atoms with Crippen LogP contribution in [0.15, 0.2) is 12.3 Å². The molecule has 0 N–H and O–H groups in total. The maximum Gasteiger partial charge on any atom is 0.226 e. The van der Waals surface area contributed by atoms with Gasteiger partial charge in [-0.25, -0.2) is 4.98 Å². The van der Waals surface area contributed by atoms with Gasteiger partial charge in [0.05, 0.1) is 0 Å². The third-order valence-corrected chi connectivity index (χ3v) is 5.28. The number of anilines is 2. The van der Waals surface area contributed by atoms with Gasteiger partial charge in [-0.15, -0.1) is 0 Å². The van der Waals surface area contributed by atoms with E-state index in [0.717, 1.165) is 44.0 Å². The molecule has 3 rings (SSSR count). The first kappa shape index (κ1) is 17.4. The summed E-state index contributed by atoms with van der Waals surface area (Å²) in [5, 5.41) is 0. The van der Waals surface area contributed by atoms with Crippen molar-refractivity contribution in [2.45, 2.75) is 32.2 Å². The van der Waals surface area contributed by atoms with E-state index >= 15 is 0 Å². The van der Waals surface area contributed by atoms with Gasteiger partial charge in [-0.2, -0.15) is 4.98 Å². The summed E-state index contributed by atoms with van der Waals surface area (Å²) < 4.78 is 0. The SMILES string of the molecule is CCCN1CCC(N2CCN(c3ccnc(N(C)C)n3)CC2)CC1. The van der Waals surface area contributed by atoms with Crippen LogP contribution in [0.3, 0.4) is 0 Å². The highest BCUT2D eigenvalue weighted by atomic mass is 15.3. The Labute approximate surface area is 146 Å². The lowest BCUT2D eigenvalue weighted by Gasteiger charge is -2.43. The monoisotopic (exact) mass is 332 g/mol. The molecule has 0 bridgehead atoms. The number of nitrogens with zero attached hydrogens (tertiary/aromatic N) is 6. The number of piperidine rings is 1. The number of hydrogen-bond donors (Lipinski definition) is 0. The molecule has 6 nitrogen and oxygen atoms in total. The van der Waals surface area contributed by atoms with Gasteiger partial charge in [0.2, 0.25) is 5.95 Å². The molecule has 2 aliphatic heterocycles. The van der Waals surface area contributed by atoms with Crippen molar-refractivity contribution in [2.24, 2.45) is 0 Å². The van der Waals surface area contributed by atoms with E-state index in [1.54, 1.807) is 0 Å². The number of hydrogen-bond acceptors (Lipinski definition) is 6. The topological polar surface area (TPSA) is 38.7 Å². The maximum absolute atomic E-state index is 4.68. The van der Waals surface area contributed by atoms with E-state index in [-0.39, 0.29) is 0 Å². The first-order chi connectivity index (χ1) is 11.7. The Morgan fingerprint density at radius 1 is 1.08 bits per heavy atom. The lowest BCUT2D eigenvalue weighted by Crippen LogP contribution is -2.53. The fraction of sp³-hybridized carbons (Fsp3) is 0.778. The fourth-order valence-corrected chi connectivity index (χ4v) is 3.87. The van der Waals surface area contributed by atoms with Crippen LogP contribution >= 0.6 is 0 Å². The molecule has 134 valence electrons. The van der Waals surface area contributed by atoms with Crippen LogP contribution in [0.4, 0.5) is 11.8 Å². The Morgan fingerprint density at radius 2 is 1.79 bits per heavy atom. The number of piperazine rings is 1. The molecule has 2 aliphatic rings. The number of aromatic nitrogens is 2. The van der Waals surface area contributed by atoms with Crippen LogP contribution in [0.5, 0.6) is 0 Å². The minimum Gasteiger partial charge on any atom is -0.354 e. The average molecular weight is 332 g/mol. The molecule has 1 aromatic heterocycles. The highest BCUT2D eigenvalue weighted by Gasteiger charge is 2.27. The normalized spacial score (nSPS) is 21.2. The molecule has 0 atom stereocenters. The third kappa shape index (κ3) is 4.16. The molecule has 0 aromatic carbocycles. The van der Waals surface area contributed by atoms with Gasteiger partial charge in [0.25, 0.3) is 0 Å². The van der Waals surface area contributed by atoms with E-state index in [9.17, 15) is 0 Å². The van der Waals surface area contributed by atoms with Crippen LogP contribution in [0.2, 0.25) is 0 Å². The molecule has 3 heterocycles. The van der Waals surface area contributed by atoms with Crippen LogP contribution in [0.1, 0.15) is 26.2 Å². The zero-order valence-corrected chi connectivity index (χ0v) is 15.5. The molecule has 2 fully saturated rings. The second kappa shape index (κ2) is 8.12. The zero-order valence-electron chi connectivity index (χ0n) is 15.5. The summed E-state index contributed by atoms with van der Waals surface area (Å²) in [5.41, 5.74) is 0. The second-order valence-corrected chi connectivity index (χ2v) is 7.21. The van der Waals surface area contributed by atoms with Gasteiger partial charge in [-0.3, -0.25) is 4.90 Å². The molecule has 0 saturated carbocycles. The standard InChI is InChI=1S/C18H32N6/c1-4-9-22-10-6-16(7-11-22)23-12-14-24(15-13-23)17-5-8-19-18(20-17)21(2)3/h5,8,16H,4,6-7,9-15H2,1-3H3. The maximum atomic E-state index is 4.68. The van der Waals surface area contributed by atoms with Crippen LogP contribution in [0, 0.1) is 0 Å². The van der Waals surface area contributed by atoms with Crippen molar-refractivity contribution in [1.29, 1.82) is 0 Å². The number of likely N-dealkylation sites (tertiary alicyclic amines) is 1. The van der Waals surface area contributed by atoms with E-state index in [1.807, 2.05) is 31.3 Å². The smallest absolute Gasteiger partial charge is 0.226 e. The Kier molecular flexibility index (Phi) is 5.89. The van der Waals surface area contributed by atoms with Gasteiger partial charge < -0.3 is 14.7 Å². The molecule has 0 spiro atoms. The van der Waals surface area contributed by atoms with Gasteiger partial charge in [0.1, 0.15) is 5.82 Å². The van der Waals surface area contributed by atoms with Crippen molar-refractivity contribution in [3.63, 3.8) is 0 Å². The van der Waals surface area contributed by atoms with Crippen molar-refractivity contribution in [3.8, 4) is 0 Å². The van der Waals surface area contributed by atoms with Gasteiger partial charge in [-0.05, 0) is 45.0 Å². The summed E-state index contributed by atoms with van der Waals surface area (Å²) in [6.07, 6.45) is 5.81. The molecule has 24 heavy (non-hydrogen) atoms. The minimum atomic E-state index is 0.781. The van der Waals surface area contributed by atoms with E-state index in [2.05, 4.69) is 31.6 Å². The summed E-state index contributed by atoms with van der Waals surface area (Å²) in [5.74, 6) is 1.85. The van der Waals surface area contributed by atoms with Crippen LogP contribution in [-0.4, -0.2) is 85.7 Å². The molecular weight excluding hydrogens is 300 g/mol. The van der Waals surface area contributed by atoms with Gasteiger partial charge in [0, 0.05) is 52.5 Å². The predicted molar refractivity (Wildman–Crippen MR) is 99.9 cm³/mol. The summed E-state index contributed by atoms with van der Waals surface area (Å²) in [4.78, 5) is 18.7. The first-order valence-electron chi connectivity index (χ1n) is 9.39. The average Bonchev–Trinajstić information content (AvgIpc) is 2.63. The fourth-order valence-electron chi connectivity index (χ4n) is 3.87. The van der Waals surface area contributed by atoms with Crippen LogP contribution in [0.25, 0.3) is 0 Å². The Morgan fingerprint density at radius 3 is 2.42 bits per heavy atom. The van der Waals surface area contributed by atoms with Crippen molar-refractivity contribution in [1.82, 2.24) is 19.8 Å². The van der Waals surface area contributed by atoms with Gasteiger partial charge in [-0.1, -0.05) is 6.92 Å². The minimum absolute atomic E-state index is 0.781. The van der Waals surface area contributed by atoms with E-state index in [4.69, 9.17) is 0 Å². The Balaban J connectivity index is 1.50. The first-order valence-corrected chi connectivity index (χ1v) is 9.39. The van der Waals surface area contributed by atoms with E-state index in [0.29, 0.717) is 0 Å². The van der Waals surface area contributed by atoms with Gasteiger partial charge >= 0.3 is 0 Å². The summed E-state index contributed by atoms with van der Waals surface area (Å²) in [6, 6.07) is 2.81. The molecule has 2 saturated heterocycles. The van der Waals surface area contributed by atoms with Crippen molar-refractivity contribution >= 4 is 11.8 Å². The highest BCUT2D eigenvalue weighted by Crippen LogP contribution is 2.21. The van der Waals surface area contributed by atoms with Gasteiger partial charge in [0.15, 0.2) is 0 Å². The lowest BCUT2D eigenvalue weighted by molar-refractivity contribution is 0.103. The number of rotatable bonds is 5. The molecule has 0 amide bonds. The van der Waals surface area contributed by atoms with Crippen molar-refractivity contribution in [3.05, 3.63) is 12.3 Å². The van der Waals surface area contributed by atoms with Crippen LogP contribution in [-0.2, 0) is 0 Å². The Hall–Kier alpha value is -1.40. The quantitative estimate of drug-likeness (QED) is 0.814. The molecule has 0 radical (unpaired) electrons. The van der Waals surface area contributed by atoms with E-state index < -0.39 is 0 Å². The molecule has 6 heteroatoms.